The predicted octanol–water partition coefficient (Wildman–Crippen LogP) is 4.62. The average Bonchev–Trinajstić information content (AvgIpc) is 2.39. The summed E-state index contributed by atoms with van der Waals surface area (Å²) in [6.45, 7) is 0.933. The van der Waals surface area contributed by atoms with Crippen molar-refractivity contribution in [2.24, 2.45) is 0 Å². The van der Waals surface area contributed by atoms with E-state index >= 15 is 0 Å². The van der Waals surface area contributed by atoms with Crippen LogP contribution in [0.2, 0.25) is 10.0 Å². The van der Waals surface area contributed by atoms with Crippen LogP contribution in [-0.2, 0) is 0 Å². The molecule has 1 N–H and O–H groups in total. The van der Waals surface area contributed by atoms with Crippen LogP contribution in [0.25, 0.3) is 0 Å². The lowest BCUT2D eigenvalue weighted by Gasteiger charge is -2.10. The molecule has 0 atom stereocenters. The van der Waals surface area contributed by atoms with Gasteiger partial charge in [0.15, 0.2) is 0 Å². The fraction of sp³-hybridized carbons (Fsp3) is 0.143. The van der Waals surface area contributed by atoms with Gasteiger partial charge in [0.1, 0.15) is 23.2 Å². The first-order valence-electron chi connectivity index (χ1n) is 5.73. The summed E-state index contributed by atoms with van der Waals surface area (Å²) in [4.78, 5) is 0. The van der Waals surface area contributed by atoms with Gasteiger partial charge in [0.05, 0.1) is 5.02 Å². The Bertz CT molecular complexity index is 563. The number of hydrogen-bond donors (Lipinski definition) is 1. The molecule has 100 valence electrons. The van der Waals surface area contributed by atoms with Crippen molar-refractivity contribution in [3.63, 3.8) is 0 Å². The highest BCUT2D eigenvalue weighted by Gasteiger charge is 2.04. The van der Waals surface area contributed by atoms with Crippen LogP contribution < -0.4 is 10.1 Å². The van der Waals surface area contributed by atoms with E-state index in [1.165, 1.54) is 12.1 Å². The van der Waals surface area contributed by atoms with Crippen LogP contribution in [0, 0.1) is 5.82 Å². The van der Waals surface area contributed by atoms with Crippen molar-refractivity contribution in [2.45, 2.75) is 0 Å². The molecule has 0 aliphatic rings. The van der Waals surface area contributed by atoms with Gasteiger partial charge in [0.2, 0.25) is 0 Å². The lowest BCUT2D eigenvalue weighted by Crippen LogP contribution is -2.11. The molecule has 0 spiro atoms. The molecule has 0 aliphatic carbocycles. The van der Waals surface area contributed by atoms with Crippen molar-refractivity contribution in [3.05, 3.63) is 58.3 Å². The van der Waals surface area contributed by atoms with Crippen LogP contribution in [0.3, 0.4) is 0 Å². The fourth-order valence-corrected chi connectivity index (χ4v) is 1.90. The van der Waals surface area contributed by atoms with Gasteiger partial charge in [0.25, 0.3) is 0 Å². The van der Waals surface area contributed by atoms with E-state index in [9.17, 15) is 4.39 Å². The Kier molecular flexibility index (Phi) is 4.88. The highest BCUT2D eigenvalue weighted by atomic mass is 35.5. The van der Waals surface area contributed by atoms with E-state index in [2.05, 4.69) is 5.32 Å². The molecule has 0 radical (unpaired) electrons. The highest BCUT2D eigenvalue weighted by molar-refractivity contribution is 6.42. The summed E-state index contributed by atoms with van der Waals surface area (Å²) in [5.74, 6) is 0.263. The minimum absolute atomic E-state index is 0.274. The normalized spacial score (nSPS) is 10.3. The standard InChI is InChI=1S/C14H12Cl2FNO/c15-12-5-2-6-13(14(12)16)19-8-7-18-11-4-1-3-10(17)9-11/h1-6,9,18H,7-8H2. The van der Waals surface area contributed by atoms with Crippen molar-refractivity contribution in [2.75, 3.05) is 18.5 Å². The molecule has 0 heterocycles. The molecule has 0 fully saturated rings. The van der Waals surface area contributed by atoms with Crippen LogP contribution in [0.15, 0.2) is 42.5 Å². The minimum Gasteiger partial charge on any atom is -0.490 e. The van der Waals surface area contributed by atoms with Crippen LogP contribution in [0.5, 0.6) is 5.75 Å². The van der Waals surface area contributed by atoms with Gasteiger partial charge in [-0.3, -0.25) is 0 Å². The molecule has 0 bridgehead atoms. The van der Waals surface area contributed by atoms with Crippen molar-refractivity contribution in [1.82, 2.24) is 0 Å². The van der Waals surface area contributed by atoms with Gasteiger partial charge in [-0.15, -0.1) is 0 Å². The summed E-state index contributed by atoms with van der Waals surface area (Å²) >= 11 is 11.9. The predicted molar refractivity (Wildman–Crippen MR) is 76.8 cm³/mol. The summed E-state index contributed by atoms with van der Waals surface area (Å²) in [6, 6.07) is 11.5. The molecule has 2 nitrogen and oxygen atoms in total. The number of halogens is 3. The third-order valence-corrected chi connectivity index (χ3v) is 3.23. The maximum atomic E-state index is 12.9. The monoisotopic (exact) mass is 299 g/mol. The van der Waals surface area contributed by atoms with Crippen LogP contribution in [-0.4, -0.2) is 13.2 Å². The lowest BCUT2D eigenvalue weighted by molar-refractivity contribution is 0.333. The lowest BCUT2D eigenvalue weighted by atomic mass is 10.3. The topological polar surface area (TPSA) is 21.3 Å². The second kappa shape index (κ2) is 6.64. The van der Waals surface area contributed by atoms with Gasteiger partial charge in [-0.1, -0.05) is 35.3 Å². The van der Waals surface area contributed by atoms with Gasteiger partial charge in [-0.25, -0.2) is 4.39 Å². The first-order valence-corrected chi connectivity index (χ1v) is 6.48. The molecule has 0 saturated carbocycles. The maximum absolute atomic E-state index is 12.9. The summed E-state index contributed by atoms with van der Waals surface area (Å²) in [5, 5.41) is 3.90. The Balaban J connectivity index is 1.82. The van der Waals surface area contributed by atoms with Gasteiger partial charge in [-0.2, -0.15) is 0 Å². The van der Waals surface area contributed by atoms with Gasteiger partial charge in [-0.05, 0) is 30.3 Å². The van der Waals surface area contributed by atoms with Crippen molar-refractivity contribution >= 4 is 28.9 Å². The summed E-state index contributed by atoms with van der Waals surface area (Å²) in [5.41, 5.74) is 0.709. The molecule has 2 rings (SSSR count). The number of hydrogen-bond acceptors (Lipinski definition) is 2. The van der Waals surface area contributed by atoms with E-state index in [1.54, 1.807) is 30.3 Å². The zero-order chi connectivity index (χ0) is 13.7. The molecule has 0 amide bonds. The second-order valence-corrected chi connectivity index (χ2v) is 4.62. The van der Waals surface area contributed by atoms with E-state index in [4.69, 9.17) is 27.9 Å². The molecular formula is C14H12Cl2FNO. The molecule has 2 aromatic rings. The van der Waals surface area contributed by atoms with E-state index < -0.39 is 0 Å². The molecule has 2 aromatic carbocycles. The van der Waals surface area contributed by atoms with E-state index in [0.717, 1.165) is 0 Å². The molecule has 19 heavy (non-hydrogen) atoms. The zero-order valence-corrected chi connectivity index (χ0v) is 11.5. The van der Waals surface area contributed by atoms with Gasteiger partial charge < -0.3 is 10.1 Å². The quantitative estimate of drug-likeness (QED) is 0.813. The zero-order valence-electron chi connectivity index (χ0n) is 10.00. The van der Waals surface area contributed by atoms with E-state index in [-0.39, 0.29) is 5.82 Å². The maximum Gasteiger partial charge on any atom is 0.139 e. The fourth-order valence-electron chi connectivity index (χ4n) is 1.55. The van der Waals surface area contributed by atoms with Crippen molar-refractivity contribution < 1.29 is 9.13 Å². The van der Waals surface area contributed by atoms with Crippen LogP contribution >= 0.6 is 23.2 Å². The average molecular weight is 300 g/mol. The highest BCUT2D eigenvalue weighted by Crippen LogP contribution is 2.31. The van der Waals surface area contributed by atoms with E-state index in [0.29, 0.717) is 34.6 Å². The van der Waals surface area contributed by atoms with Crippen molar-refractivity contribution in [1.29, 1.82) is 0 Å². The Morgan fingerprint density at radius 1 is 1.11 bits per heavy atom. The Hall–Kier alpha value is -1.45. The Morgan fingerprint density at radius 3 is 2.68 bits per heavy atom. The Morgan fingerprint density at radius 2 is 1.89 bits per heavy atom. The smallest absolute Gasteiger partial charge is 0.139 e. The Labute approximate surface area is 121 Å². The largest absolute Gasteiger partial charge is 0.490 e. The molecule has 0 saturated heterocycles. The minimum atomic E-state index is -0.274. The number of anilines is 1. The third kappa shape index (κ3) is 4.01. The second-order valence-electron chi connectivity index (χ2n) is 3.84. The first-order chi connectivity index (χ1) is 9.16. The number of ether oxygens (including phenoxy) is 1. The van der Waals surface area contributed by atoms with Crippen LogP contribution in [0.4, 0.5) is 10.1 Å². The first kappa shape index (κ1) is 14.0. The summed E-state index contributed by atoms with van der Waals surface area (Å²) in [6.07, 6.45) is 0. The van der Waals surface area contributed by atoms with Crippen LogP contribution in [0.1, 0.15) is 0 Å². The molecule has 0 aromatic heterocycles. The third-order valence-electron chi connectivity index (χ3n) is 2.43. The van der Waals surface area contributed by atoms with Gasteiger partial charge in [0, 0.05) is 12.2 Å². The molecule has 5 heteroatoms. The molecular weight excluding hydrogens is 288 g/mol. The molecule has 0 aliphatic heterocycles. The number of nitrogens with one attached hydrogen (secondary N) is 1. The number of rotatable bonds is 5. The SMILES string of the molecule is Fc1cccc(NCCOc2cccc(Cl)c2Cl)c1. The van der Waals surface area contributed by atoms with Gasteiger partial charge >= 0.3 is 0 Å². The summed E-state index contributed by atoms with van der Waals surface area (Å²) < 4.78 is 18.4. The van der Waals surface area contributed by atoms with E-state index in [1.807, 2.05) is 0 Å². The molecule has 0 unspecified atom stereocenters. The summed E-state index contributed by atoms with van der Waals surface area (Å²) in [7, 11) is 0. The number of benzene rings is 2. The van der Waals surface area contributed by atoms with Crippen molar-refractivity contribution in [3.8, 4) is 5.75 Å².